The van der Waals surface area contributed by atoms with E-state index in [0.717, 1.165) is 22.2 Å². The van der Waals surface area contributed by atoms with Crippen molar-refractivity contribution in [3.63, 3.8) is 0 Å². The first-order valence-corrected chi connectivity index (χ1v) is 10.5. The number of nitrogens with zero attached hydrogens (tertiary/aromatic N) is 4. The lowest BCUT2D eigenvalue weighted by molar-refractivity contribution is 0.102. The van der Waals surface area contributed by atoms with Crippen LogP contribution in [0, 0.1) is 19.7 Å². The maximum Gasteiger partial charge on any atom is 0.255 e. The van der Waals surface area contributed by atoms with Gasteiger partial charge >= 0.3 is 0 Å². The third-order valence-electron chi connectivity index (χ3n) is 4.64. The lowest BCUT2D eigenvalue weighted by atomic mass is 10.2. The molecule has 0 saturated heterocycles. The van der Waals surface area contributed by atoms with Crippen LogP contribution in [0.3, 0.4) is 0 Å². The van der Waals surface area contributed by atoms with Crippen LogP contribution in [0.1, 0.15) is 21.7 Å². The topological polar surface area (TPSA) is 64.7 Å². The highest BCUT2D eigenvalue weighted by molar-refractivity contribution is 7.98. The van der Waals surface area contributed by atoms with Gasteiger partial charge in [-0.05, 0) is 68.6 Å². The molecule has 0 bridgehead atoms. The van der Waals surface area contributed by atoms with Crippen molar-refractivity contribution in [2.45, 2.75) is 19.0 Å². The standard InChI is InChI=1S/C22H20FN5OS/c1-14-12-15(2)28(26-14)20-9-6-17(13-19(20)23)25-21(29)16-4-7-18(8-5-16)27-11-10-24-22(27)30-3/h4-13H,1-3H3,(H,25,29). The Labute approximate surface area is 177 Å². The normalized spacial score (nSPS) is 10.9. The lowest BCUT2D eigenvalue weighted by Gasteiger charge is -2.10. The van der Waals surface area contributed by atoms with E-state index < -0.39 is 5.82 Å². The largest absolute Gasteiger partial charge is 0.322 e. The van der Waals surface area contributed by atoms with Gasteiger partial charge in [-0.3, -0.25) is 9.36 Å². The van der Waals surface area contributed by atoms with Crippen LogP contribution in [0.5, 0.6) is 0 Å². The number of anilines is 1. The molecule has 6 nitrogen and oxygen atoms in total. The van der Waals surface area contributed by atoms with Gasteiger partial charge in [0.2, 0.25) is 0 Å². The molecule has 152 valence electrons. The quantitative estimate of drug-likeness (QED) is 0.471. The molecule has 30 heavy (non-hydrogen) atoms. The van der Waals surface area contributed by atoms with Gasteiger partial charge in [0.15, 0.2) is 11.0 Å². The Kier molecular flexibility index (Phi) is 5.41. The zero-order chi connectivity index (χ0) is 21.3. The molecule has 0 aliphatic rings. The van der Waals surface area contributed by atoms with Crippen molar-refractivity contribution >= 4 is 23.4 Å². The predicted molar refractivity (Wildman–Crippen MR) is 116 cm³/mol. The van der Waals surface area contributed by atoms with Crippen molar-refractivity contribution in [3.05, 3.63) is 83.7 Å². The fourth-order valence-electron chi connectivity index (χ4n) is 3.24. The van der Waals surface area contributed by atoms with E-state index in [-0.39, 0.29) is 5.91 Å². The number of benzene rings is 2. The summed E-state index contributed by atoms with van der Waals surface area (Å²) in [6.07, 6.45) is 5.56. The van der Waals surface area contributed by atoms with E-state index in [1.807, 2.05) is 49.1 Å². The number of carbonyl (C=O) groups excluding carboxylic acids is 1. The molecule has 4 aromatic rings. The molecule has 2 aromatic heterocycles. The molecule has 0 spiro atoms. The highest BCUT2D eigenvalue weighted by atomic mass is 32.2. The van der Waals surface area contributed by atoms with E-state index in [4.69, 9.17) is 0 Å². The molecule has 2 aromatic carbocycles. The third kappa shape index (κ3) is 3.86. The van der Waals surface area contributed by atoms with E-state index >= 15 is 0 Å². The fraction of sp³-hybridized carbons (Fsp3) is 0.136. The molecule has 0 fully saturated rings. The Hall–Kier alpha value is -3.39. The molecule has 0 unspecified atom stereocenters. The number of hydrogen-bond donors (Lipinski definition) is 1. The summed E-state index contributed by atoms with van der Waals surface area (Å²) in [7, 11) is 0. The minimum Gasteiger partial charge on any atom is -0.322 e. The molecule has 0 radical (unpaired) electrons. The van der Waals surface area contributed by atoms with Crippen molar-refractivity contribution in [1.29, 1.82) is 0 Å². The van der Waals surface area contributed by atoms with E-state index in [9.17, 15) is 9.18 Å². The smallest absolute Gasteiger partial charge is 0.255 e. The van der Waals surface area contributed by atoms with Gasteiger partial charge in [0.1, 0.15) is 5.69 Å². The van der Waals surface area contributed by atoms with Crippen LogP contribution in [0.2, 0.25) is 0 Å². The molecule has 1 N–H and O–H groups in total. The van der Waals surface area contributed by atoms with Gasteiger partial charge in [0.05, 0.1) is 5.69 Å². The maximum atomic E-state index is 14.6. The van der Waals surface area contributed by atoms with E-state index in [1.165, 1.54) is 6.07 Å². The third-order valence-corrected chi connectivity index (χ3v) is 5.31. The number of thioether (sulfide) groups is 1. The molecule has 0 saturated carbocycles. The number of carbonyl (C=O) groups is 1. The molecule has 2 heterocycles. The minimum atomic E-state index is -0.459. The number of hydrogen-bond acceptors (Lipinski definition) is 4. The summed E-state index contributed by atoms with van der Waals surface area (Å²) in [5.41, 5.74) is 3.76. The molecular formula is C22H20FN5OS. The van der Waals surface area contributed by atoms with Crippen LogP contribution in [0.15, 0.2) is 66.1 Å². The number of aromatic nitrogens is 4. The molecule has 0 aliphatic heterocycles. The number of imidazole rings is 1. The van der Waals surface area contributed by atoms with Crippen LogP contribution in [0.4, 0.5) is 10.1 Å². The number of nitrogens with one attached hydrogen (secondary N) is 1. The van der Waals surface area contributed by atoms with Crippen LogP contribution < -0.4 is 5.32 Å². The SMILES string of the molecule is CSc1nccn1-c1ccc(C(=O)Nc2ccc(-n3nc(C)cc3C)c(F)c2)cc1. The highest BCUT2D eigenvalue weighted by Crippen LogP contribution is 2.22. The van der Waals surface area contributed by atoms with Gasteiger partial charge in [-0.2, -0.15) is 5.10 Å². The van der Waals surface area contributed by atoms with Crippen molar-refractivity contribution in [2.24, 2.45) is 0 Å². The Morgan fingerprint density at radius 3 is 2.50 bits per heavy atom. The van der Waals surface area contributed by atoms with Crippen molar-refractivity contribution < 1.29 is 9.18 Å². The summed E-state index contributed by atoms with van der Waals surface area (Å²) in [6, 6.07) is 13.6. The zero-order valence-electron chi connectivity index (χ0n) is 16.8. The first kappa shape index (κ1) is 19.9. The average molecular weight is 422 g/mol. The Balaban J connectivity index is 1.51. The molecular weight excluding hydrogens is 401 g/mol. The van der Waals surface area contributed by atoms with E-state index in [0.29, 0.717) is 16.9 Å². The second-order valence-corrected chi connectivity index (χ2v) is 7.56. The summed E-state index contributed by atoms with van der Waals surface area (Å²) in [5, 5.41) is 7.91. The fourth-order valence-corrected chi connectivity index (χ4v) is 3.77. The second-order valence-electron chi connectivity index (χ2n) is 6.79. The predicted octanol–water partition coefficient (Wildman–Crippen LogP) is 4.79. The van der Waals surface area contributed by atoms with Crippen molar-refractivity contribution in [1.82, 2.24) is 19.3 Å². The molecule has 4 rings (SSSR count). The molecule has 1 amide bonds. The van der Waals surface area contributed by atoms with E-state index in [2.05, 4.69) is 15.4 Å². The number of rotatable bonds is 5. The van der Waals surface area contributed by atoms with Crippen LogP contribution in [-0.2, 0) is 0 Å². The zero-order valence-corrected chi connectivity index (χ0v) is 17.6. The summed E-state index contributed by atoms with van der Waals surface area (Å²) >= 11 is 1.54. The summed E-state index contributed by atoms with van der Waals surface area (Å²) in [4.78, 5) is 16.9. The molecule has 0 aliphatic carbocycles. The Morgan fingerprint density at radius 2 is 1.87 bits per heavy atom. The Bertz CT molecular complexity index is 1210. The summed E-state index contributed by atoms with van der Waals surface area (Å²) < 4.78 is 18.1. The first-order valence-electron chi connectivity index (χ1n) is 9.28. The molecule has 8 heteroatoms. The number of amides is 1. The van der Waals surface area contributed by atoms with Gasteiger partial charge in [-0.25, -0.2) is 14.1 Å². The monoisotopic (exact) mass is 421 g/mol. The van der Waals surface area contributed by atoms with Gasteiger partial charge in [-0.15, -0.1) is 0 Å². The van der Waals surface area contributed by atoms with Crippen molar-refractivity contribution in [3.8, 4) is 11.4 Å². The Morgan fingerprint density at radius 1 is 1.10 bits per heavy atom. The summed E-state index contributed by atoms with van der Waals surface area (Å²) in [6.45, 7) is 3.72. The van der Waals surface area contributed by atoms with Gasteiger partial charge in [-0.1, -0.05) is 11.8 Å². The van der Waals surface area contributed by atoms with Gasteiger partial charge in [0.25, 0.3) is 5.91 Å². The van der Waals surface area contributed by atoms with Gasteiger partial charge in [0, 0.05) is 35.0 Å². The highest BCUT2D eigenvalue weighted by Gasteiger charge is 2.12. The first-order chi connectivity index (χ1) is 14.5. The van der Waals surface area contributed by atoms with E-state index in [1.54, 1.807) is 46.9 Å². The molecule has 0 atom stereocenters. The van der Waals surface area contributed by atoms with Crippen LogP contribution in [0.25, 0.3) is 11.4 Å². The second kappa shape index (κ2) is 8.16. The van der Waals surface area contributed by atoms with Gasteiger partial charge < -0.3 is 5.32 Å². The van der Waals surface area contributed by atoms with Crippen LogP contribution >= 0.6 is 11.8 Å². The minimum absolute atomic E-state index is 0.310. The average Bonchev–Trinajstić information content (AvgIpc) is 3.34. The summed E-state index contributed by atoms with van der Waals surface area (Å²) in [5.74, 6) is -0.769. The number of aryl methyl sites for hydroxylation is 2. The number of halogens is 1. The maximum absolute atomic E-state index is 14.6. The van der Waals surface area contributed by atoms with Crippen molar-refractivity contribution in [2.75, 3.05) is 11.6 Å². The lowest BCUT2D eigenvalue weighted by Crippen LogP contribution is -2.12. The van der Waals surface area contributed by atoms with Crippen LogP contribution in [-0.4, -0.2) is 31.5 Å².